The Morgan fingerprint density at radius 2 is 1.32 bits per heavy atom. The molecule has 3 heteroatoms. The van der Waals surface area contributed by atoms with Crippen molar-refractivity contribution in [2.45, 2.75) is 0 Å². The van der Waals surface area contributed by atoms with E-state index in [2.05, 4.69) is 0 Å². The van der Waals surface area contributed by atoms with Crippen molar-refractivity contribution >= 4 is 22.4 Å². The van der Waals surface area contributed by atoms with E-state index in [1.807, 2.05) is 30.3 Å². The van der Waals surface area contributed by atoms with Gasteiger partial charge in [-0.3, -0.25) is 0 Å². The van der Waals surface area contributed by atoms with Crippen molar-refractivity contribution in [1.82, 2.24) is 0 Å². The van der Waals surface area contributed by atoms with Gasteiger partial charge in [-0.1, -0.05) is 54.1 Å². The first kappa shape index (κ1) is 13.2. The van der Waals surface area contributed by atoms with Gasteiger partial charge in [-0.15, -0.1) is 0 Å². The zero-order chi connectivity index (χ0) is 13.7. The van der Waals surface area contributed by atoms with Crippen molar-refractivity contribution in [3.05, 3.63) is 71.8 Å². The van der Waals surface area contributed by atoms with E-state index in [1.165, 1.54) is 0 Å². The van der Waals surface area contributed by atoms with Crippen LogP contribution in [0.25, 0.3) is 10.8 Å². The molecule has 2 N–H and O–H groups in total. The average Bonchev–Trinajstić information content (AvgIpc) is 2.43. The van der Waals surface area contributed by atoms with Crippen LogP contribution < -0.4 is 0 Å². The number of rotatable bonds is 0. The number of phenolic OH excluding ortho intramolecular Hbond substituents is 2. The van der Waals surface area contributed by atoms with Crippen molar-refractivity contribution in [2.24, 2.45) is 0 Å². The molecule has 0 aliphatic rings. The molecule has 0 radical (unpaired) electrons. The number of halogens is 1. The van der Waals surface area contributed by atoms with Crippen molar-refractivity contribution in [3.63, 3.8) is 0 Å². The predicted molar refractivity (Wildman–Crippen MR) is 78.7 cm³/mol. The number of hydrogen-bond donors (Lipinski definition) is 2. The molecule has 0 amide bonds. The number of fused-ring (bicyclic) bond motifs is 1. The molecule has 0 spiro atoms. The molecule has 3 aromatic rings. The zero-order valence-electron chi connectivity index (χ0n) is 10.1. The third-order valence-corrected chi connectivity index (χ3v) is 2.91. The van der Waals surface area contributed by atoms with E-state index in [9.17, 15) is 0 Å². The van der Waals surface area contributed by atoms with Crippen molar-refractivity contribution in [2.75, 3.05) is 0 Å². The maximum Gasteiger partial charge on any atom is 0.134 e. The average molecular weight is 273 g/mol. The third kappa shape index (κ3) is 3.63. The highest BCUT2D eigenvalue weighted by Crippen LogP contribution is 2.20. The van der Waals surface area contributed by atoms with Gasteiger partial charge in [0.25, 0.3) is 0 Å². The van der Waals surface area contributed by atoms with Crippen LogP contribution >= 0.6 is 11.6 Å². The SMILES string of the molecule is Oc1ccc2ccccc2c1.Oc1ccccc1Cl. The van der Waals surface area contributed by atoms with Gasteiger partial charge in [0.05, 0.1) is 5.02 Å². The largest absolute Gasteiger partial charge is 0.508 e. The molecule has 3 rings (SSSR count). The molecule has 2 nitrogen and oxygen atoms in total. The standard InChI is InChI=1S/C10H8O.C6H5ClO/c11-10-6-5-8-3-1-2-4-9(8)7-10;7-5-3-1-2-4-6(5)8/h1-7,11H;1-4,8H. The summed E-state index contributed by atoms with van der Waals surface area (Å²) >= 11 is 5.46. The molecule has 0 aliphatic carbocycles. The maximum absolute atomic E-state index is 9.13. The van der Waals surface area contributed by atoms with Gasteiger partial charge in [0, 0.05) is 0 Å². The molecular weight excluding hydrogens is 260 g/mol. The summed E-state index contributed by atoms with van der Waals surface area (Å²) < 4.78 is 0. The van der Waals surface area contributed by atoms with Crippen LogP contribution in [0.5, 0.6) is 11.5 Å². The summed E-state index contributed by atoms with van der Waals surface area (Å²) in [6, 6.07) is 20.0. The summed E-state index contributed by atoms with van der Waals surface area (Å²) in [5.41, 5.74) is 0. The fourth-order valence-electron chi connectivity index (χ4n) is 1.63. The minimum absolute atomic E-state index is 0.133. The summed E-state index contributed by atoms with van der Waals surface area (Å²) in [7, 11) is 0. The van der Waals surface area contributed by atoms with Crippen LogP contribution in [0.4, 0.5) is 0 Å². The molecule has 0 atom stereocenters. The van der Waals surface area contributed by atoms with Gasteiger partial charge in [0.2, 0.25) is 0 Å². The second kappa shape index (κ2) is 6.12. The van der Waals surface area contributed by atoms with E-state index in [-0.39, 0.29) is 5.75 Å². The van der Waals surface area contributed by atoms with E-state index in [0.717, 1.165) is 10.8 Å². The van der Waals surface area contributed by atoms with Gasteiger partial charge >= 0.3 is 0 Å². The monoisotopic (exact) mass is 272 g/mol. The molecule has 96 valence electrons. The quantitative estimate of drug-likeness (QED) is 0.628. The smallest absolute Gasteiger partial charge is 0.134 e. The molecule has 19 heavy (non-hydrogen) atoms. The van der Waals surface area contributed by atoms with Crippen LogP contribution in [0.2, 0.25) is 5.02 Å². The molecule has 0 aliphatic heterocycles. The number of aromatic hydroxyl groups is 2. The number of para-hydroxylation sites is 1. The topological polar surface area (TPSA) is 40.5 Å². The molecular formula is C16H13ClO2. The van der Waals surface area contributed by atoms with Crippen LogP contribution in [0.15, 0.2) is 66.7 Å². The second-order valence-corrected chi connectivity index (χ2v) is 4.39. The fraction of sp³-hybridized carbons (Fsp3) is 0. The third-order valence-electron chi connectivity index (χ3n) is 2.59. The van der Waals surface area contributed by atoms with E-state index in [1.54, 1.807) is 36.4 Å². The van der Waals surface area contributed by atoms with E-state index >= 15 is 0 Å². The molecule has 0 bridgehead atoms. The highest BCUT2D eigenvalue weighted by atomic mass is 35.5. The number of hydrogen-bond acceptors (Lipinski definition) is 2. The van der Waals surface area contributed by atoms with Gasteiger partial charge < -0.3 is 10.2 Å². The van der Waals surface area contributed by atoms with Crippen molar-refractivity contribution in [3.8, 4) is 11.5 Å². The Hall–Kier alpha value is -2.19. The van der Waals surface area contributed by atoms with E-state index in [0.29, 0.717) is 10.8 Å². The molecule has 0 fully saturated rings. The second-order valence-electron chi connectivity index (χ2n) is 3.98. The first-order chi connectivity index (χ1) is 9.16. The van der Waals surface area contributed by atoms with Crippen molar-refractivity contribution in [1.29, 1.82) is 0 Å². The Morgan fingerprint density at radius 1 is 0.684 bits per heavy atom. The lowest BCUT2D eigenvalue weighted by atomic mass is 10.1. The Morgan fingerprint density at radius 3 is 1.95 bits per heavy atom. The van der Waals surface area contributed by atoms with E-state index in [4.69, 9.17) is 21.8 Å². The van der Waals surface area contributed by atoms with Gasteiger partial charge in [0.1, 0.15) is 11.5 Å². The number of phenols is 2. The van der Waals surface area contributed by atoms with Crippen molar-refractivity contribution < 1.29 is 10.2 Å². The maximum atomic E-state index is 9.13. The van der Waals surface area contributed by atoms with Gasteiger partial charge in [0.15, 0.2) is 0 Å². The minimum atomic E-state index is 0.133. The summed E-state index contributed by atoms with van der Waals surface area (Å²) in [6.07, 6.45) is 0. The Balaban J connectivity index is 0.000000148. The lowest BCUT2D eigenvalue weighted by Gasteiger charge is -1.96. The molecule has 0 aromatic heterocycles. The van der Waals surface area contributed by atoms with Crippen LogP contribution in [0, 0.1) is 0 Å². The highest BCUT2D eigenvalue weighted by Gasteiger charge is 1.91. The van der Waals surface area contributed by atoms with E-state index < -0.39 is 0 Å². The first-order valence-electron chi connectivity index (χ1n) is 5.78. The van der Waals surface area contributed by atoms with Gasteiger partial charge in [-0.05, 0) is 35.0 Å². The summed E-state index contributed by atoms with van der Waals surface area (Å²) in [4.78, 5) is 0. The van der Waals surface area contributed by atoms with Crippen LogP contribution in [-0.2, 0) is 0 Å². The summed E-state index contributed by atoms with van der Waals surface area (Å²) in [6.45, 7) is 0. The molecule has 0 saturated carbocycles. The van der Waals surface area contributed by atoms with Crippen LogP contribution in [0.1, 0.15) is 0 Å². The predicted octanol–water partition coefficient (Wildman–Crippen LogP) is 4.59. The highest BCUT2D eigenvalue weighted by molar-refractivity contribution is 6.31. The lowest BCUT2D eigenvalue weighted by Crippen LogP contribution is -1.69. The molecule has 0 heterocycles. The molecule has 0 unspecified atom stereocenters. The van der Waals surface area contributed by atoms with Crippen LogP contribution in [-0.4, -0.2) is 10.2 Å². The molecule has 0 saturated heterocycles. The normalized spacial score (nSPS) is 9.74. The summed E-state index contributed by atoms with van der Waals surface area (Å²) in [5, 5.41) is 20.5. The van der Waals surface area contributed by atoms with Gasteiger partial charge in [-0.25, -0.2) is 0 Å². The first-order valence-corrected chi connectivity index (χ1v) is 6.16. The fourth-order valence-corrected chi connectivity index (χ4v) is 1.76. The minimum Gasteiger partial charge on any atom is -0.508 e. The zero-order valence-corrected chi connectivity index (χ0v) is 10.9. The Labute approximate surface area is 116 Å². The summed E-state index contributed by atoms with van der Waals surface area (Å²) in [5.74, 6) is 0.456. The Kier molecular flexibility index (Phi) is 4.26. The lowest BCUT2D eigenvalue weighted by molar-refractivity contribution is 0.475. The number of benzene rings is 3. The molecule has 3 aromatic carbocycles. The van der Waals surface area contributed by atoms with Crippen LogP contribution in [0.3, 0.4) is 0 Å². The Bertz CT molecular complexity index is 659. The van der Waals surface area contributed by atoms with Gasteiger partial charge in [-0.2, -0.15) is 0 Å².